The molecule has 0 radical (unpaired) electrons. The number of nitrogens with zero attached hydrogens (tertiary/aromatic N) is 1. The topological polar surface area (TPSA) is 105 Å². The van der Waals surface area contributed by atoms with Gasteiger partial charge in [-0.3, -0.25) is 9.59 Å². The molecule has 1 aliphatic heterocycles. The first-order valence-corrected chi connectivity index (χ1v) is 7.40. The van der Waals surface area contributed by atoms with Crippen molar-refractivity contribution in [2.24, 2.45) is 4.99 Å². The first-order chi connectivity index (χ1) is 11.7. The van der Waals surface area contributed by atoms with Gasteiger partial charge in [-0.1, -0.05) is 0 Å². The van der Waals surface area contributed by atoms with Crippen LogP contribution in [0.1, 0.15) is 35.7 Å². The Balaban J connectivity index is 2.26. The number of halogens is 2. The number of rotatable bonds is 5. The number of carbonyl (C=O) groups excluding carboxylic acids is 3. The number of hydrogen-bond donors (Lipinski definition) is 2. The second-order valence-corrected chi connectivity index (χ2v) is 5.59. The van der Waals surface area contributed by atoms with Crippen LogP contribution in [0.25, 0.3) is 0 Å². The summed E-state index contributed by atoms with van der Waals surface area (Å²) in [5.74, 6) is -5.82. The number of nitrogens with one attached hydrogen (secondary N) is 1. The Morgan fingerprint density at radius 3 is 2.72 bits per heavy atom. The highest BCUT2D eigenvalue weighted by Gasteiger charge is 2.39. The number of aliphatic imine (C=N–C) groups is 1. The van der Waals surface area contributed by atoms with Gasteiger partial charge in [-0.25, -0.2) is 13.8 Å². The van der Waals surface area contributed by atoms with Crippen LogP contribution in [0, 0.1) is 11.6 Å². The molecule has 1 atom stereocenters. The summed E-state index contributed by atoms with van der Waals surface area (Å²) in [5.41, 5.74) is -0.668. The van der Waals surface area contributed by atoms with Gasteiger partial charge in [0.2, 0.25) is 5.91 Å². The van der Waals surface area contributed by atoms with Gasteiger partial charge in [-0.15, -0.1) is 0 Å². The molecule has 0 aromatic heterocycles. The molecule has 0 aliphatic carbocycles. The number of fused-ring (bicyclic) bond motifs is 1. The lowest BCUT2D eigenvalue weighted by Gasteiger charge is -2.29. The number of amides is 2. The van der Waals surface area contributed by atoms with Crippen molar-refractivity contribution in [2.75, 3.05) is 0 Å². The largest absolute Gasteiger partial charge is 0.547 e. The Morgan fingerprint density at radius 2 is 2.12 bits per heavy atom. The fraction of sp³-hybridized carbons (Fsp3) is 0.333. The van der Waals surface area contributed by atoms with E-state index in [-0.39, 0.29) is 36.4 Å². The van der Waals surface area contributed by atoms with E-state index in [4.69, 9.17) is 4.65 Å². The highest BCUT2D eigenvalue weighted by Crippen LogP contribution is 2.34. The highest BCUT2D eigenvalue weighted by molar-refractivity contribution is 6.47. The quantitative estimate of drug-likeness (QED) is 0.597. The third kappa shape index (κ3) is 4.08. The number of hydrogen-bond acceptors (Lipinski definition) is 5. The van der Waals surface area contributed by atoms with Gasteiger partial charge < -0.3 is 19.8 Å². The Bertz CT molecular complexity index is 756. The Morgan fingerprint density at radius 1 is 1.44 bits per heavy atom. The summed E-state index contributed by atoms with van der Waals surface area (Å²) in [6.45, 7) is 4.31. The first-order valence-electron chi connectivity index (χ1n) is 7.40. The van der Waals surface area contributed by atoms with Crippen LogP contribution < -0.4 is 9.97 Å². The molecule has 10 heteroatoms. The average Bonchev–Trinajstić information content (AvgIpc) is 2.55. The van der Waals surface area contributed by atoms with Crippen molar-refractivity contribution in [3.63, 3.8) is 0 Å². The molecule has 132 valence electrons. The molecule has 1 aromatic carbocycles. The molecule has 0 saturated carbocycles. The fourth-order valence-corrected chi connectivity index (χ4v) is 2.45. The van der Waals surface area contributed by atoms with Gasteiger partial charge in [-0.2, -0.15) is 0 Å². The van der Waals surface area contributed by atoms with Crippen LogP contribution in [0.4, 0.5) is 8.78 Å². The lowest BCUT2D eigenvalue weighted by molar-refractivity contribution is -0.124. The molecule has 0 fully saturated rings. The van der Waals surface area contributed by atoms with Gasteiger partial charge in [0.05, 0.1) is 5.94 Å². The van der Waals surface area contributed by atoms with Crippen molar-refractivity contribution in [1.82, 2.24) is 5.32 Å². The summed E-state index contributed by atoms with van der Waals surface area (Å²) in [5, 5.41) is 12.5. The molecule has 1 heterocycles. The van der Waals surface area contributed by atoms with E-state index >= 15 is 0 Å². The zero-order valence-corrected chi connectivity index (χ0v) is 13.3. The molecule has 0 spiro atoms. The van der Waals surface area contributed by atoms with E-state index in [9.17, 15) is 28.2 Å². The molecular weight excluding hydrogens is 337 g/mol. The van der Waals surface area contributed by atoms with Crippen molar-refractivity contribution < 1.29 is 32.8 Å². The summed E-state index contributed by atoms with van der Waals surface area (Å²) in [4.78, 5) is 37.4. The minimum absolute atomic E-state index is 0.0373. The van der Waals surface area contributed by atoms with Crippen molar-refractivity contribution in [3.05, 3.63) is 28.8 Å². The maximum Gasteiger partial charge on any atom is 0.547 e. The lowest BCUT2D eigenvalue weighted by Crippen LogP contribution is -2.53. The SMILES string of the molecule is C=NC(=O)c1c(F)c(F)cc2c1OB(O)[C@@H](NC(=O)CCC(C)=O)C2. The summed E-state index contributed by atoms with van der Waals surface area (Å²) in [6, 6.07) is 0.825. The number of benzene rings is 1. The highest BCUT2D eigenvalue weighted by atomic mass is 19.2. The predicted octanol–water partition coefficient (Wildman–Crippen LogP) is 0.614. The summed E-state index contributed by atoms with van der Waals surface area (Å²) >= 11 is 0. The molecule has 2 N–H and O–H groups in total. The van der Waals surface area contributed by atoms with E-state index in [0.29, 0.717) is 0 Å². The van der Waals surface area contributed by atoms with Crippen molar-refractivity contribution >= 4 is 31.4 Å². The van der Waals surface area contributed by atoms with E-state index in [0.717, 1.165) is 6.07 Å². The zero-order chi connectivity index (χ0) is 18.7. The van der Waals surface area contributed by atoms with E-state index in [1.165, 1.54) is 6.92 Å². The molecular formula is C15H15BF2N2O5. The third-order valence-electron chi connectivity index (χ3n) is 3.68. The van der Waals surface area contributed by atoms with Crippen LogP contribution in [0.2, 0.25) is 0 Å². The van der Waals surface area contributed by atoms with Crippen molar-refractivity contribution in [1.29, 1.82) is 0 Å². The molecule has 2 amide bonds. The molecule has 2 rings (SSSR count). The lowest BCUT2D eigenvalue weighted by atomic mass is 9.72. The van der Waals surface area contributed by atoms with E-state index < -0.39 is 42.1 Å². The fourth-order valence-electron chi connectivity index (χ4n) is 2.45. The Labute approximate surface area is 142 Å². The summed E-state index contributed by atoms with van der Waals surface area (Å²) in [7, 11) is -1.59. The normalized spacial score (nSPS) is 15.8. The summed E-state index contributed by atoms with van der Waals surface area (Å²) < 4.78 is 32.7. The smallest absolute Gasteiger partial charge is 0.534 e. The van der Waals surface area contributed by atoms with Crippen LogP contribution in [-0.4, -0.2) is 42.4 Å². The zero-order valence-electron chi connectivity index (χ0n) is 13.3. The first kappa shape index (κ1) is 18.7. The maximum atomic E-state index is 13.9. The number of Topliss-reactive ketones (excluding diaryl/α,β-unsaturated/α-hetero) is 1. The van der Waals surface area contributed by atoms with Gasteiger partial charge >= 0.3 is 7.12 Å². The molecule has 1 aromatic rings. The third-order valence-corrected chi connectivity index (χ3v) is 3.68. The number of carbonyl (C=O) groups is 3. The van der Waals surface area contributed by atoms with E-state index in [1.807, 2.05) is 0 Å². The average molecular weight is 352 g/mol. The van der Waals surface area contributed by atoms with E-state index in [2.05, 4.69) is 17.0 Å². The standard InChI is InChI=1S/C15H15BF2N2O5/c1-7(21)3-4-11(22)20-10-6-8-5-9(17)13(18)12(15(23)19-2)14(8)25-16(10)24/h5,10,24H,2-4,6H2,1H3,(H,20,22)/t10-/m0/s1. The van der Waals surface area contributed by atoms with Crippen LogP contribution >= 0.6 is 0 Å². The molecule has 0 unspecified atom stereocenters. The van der Waals surface area contributed by atoms with Gasteiger partial charge in [0.25, 0.3) is 5.91 Å². The Hall–Kier alpha value is -2.62. The molecule has 25 heavy (non-hydrogen) atoms. The van der Waals surface area contributed by atoms with Crippen LogP contribution in [0.15, 0.2) is 11.1 Å². The second kappa shape index (κ2) is 7.52. The molecule has 1 aliphatic rings. The minimum Gasteiger partial charge on any atom is -0.534 e. The van der Waals surface area contributed by atoms with Gasteiger partial charge in [0.1, 0.15) is 17.1 Å². The molecule has 7 nitrogen and oxygen atoms in total. The van der Waals surface area contributed by atoms with Crippen LogP contribution in [0.3, 0.4) is 0 Å². The predicted molar refractivity (Wildman–Crippen MR) is 84.4 cm³/mol. The van der Waals surface area contributed by atoms with Gasteiger partial charge in [-0.05, 0) is 31.7 Å². The van der Waals surface area contributed by atoms with Crippen molar-refractivity contribution in [3.8, 4) is 5.75 Å². The van der Waals surface area contributed by atoms with Gasteiger partial charge in [0.15, 0.2) is 11.6 Å². The van der Waals surface area contributed by atoms with Crippen LogP contribution in [-0.2, 0) is 16.0 Å². The number of ketones is 1. The Kier molecular flexibility index (Phi) is 5.63. The minimum atomic E-state index is -1.59. The monoisotopic (exact) mass is 352 g/mol. The maximum absolute atomic E-state index is 13.9. The molecule has 0 saturated heterocycles. The molecule has 0 bridgehead atoms. The van der Waals surface area contributed by atoms with E-state index in [1.54, 1.807) is 0 Å². The van der Waals surface area contributed by atoms with Crippen molar-refractivity contribution in [2.45, 2.75) is 32.1 Å². The second-order valence-electron chi connectivity index (χ2n) is 5.59. The summed E-state index contributed by atoms with van der Waals surface area (Å²) in [6.07, 6.45) is -0.139. The van der Waals surface area contributed by atoms with Gasteiger partial charge in [0, 0.05) is 12.8 Å². The van der Waals surface area contributed by atoms with Crippen LogP contribution in [0.5, 0.6) is 5.75 Å².